The molecule has 0 unspecified atom stereocenters. The van der Waals surface area contributed by atoms with Crippen LogP contribution in [0.1, 0.15) is 17.0 Å². The van der Waals surface area contributed by atoms with Crippen LogP contribution in [0.5, 0.6) is 0 Å². The second-order valence-electron chi connectivity index (χ2n) is 5.00. The Morgan fingerprint density at radius 2 is 1.90 bits per heavy atom. The summed E-state index contributed by atoms with van der Waals surface area (Å²) in [6, 6.07) is 10.1. The summed E-state index contributed by atoms with van der Waals surface area (Å²) < 4.78 is 2.22. The van der Waals surface area contributed by atoms with Gasteiger partial charge in [0.25, 0.3) is 0 Å². The summed E-state index contributed by atoms with van der Waals surface area (Å²) in [5.74, 6) is 0. The van der Waals surface area contributed by atoms with Gasteiger partial charge in [0.2, 0.25) is 0 Å². The first-order chi connectivity index (χ1) is 9.54. The second kappa shape index (κ2) is 5.12. The van der Waals surface area contributed by atoms with E-state index < -0.39 is 0 Å². The Balaban J connectivity index is 2.08. The van der Waals surface area contributed by atoms with Crippen molar-refractivity contribution < 1.29 is 0 Å². The number of benzene rings is 1. The Morgan fingerprint density at radius 3 is 2.60 bits per heavy atom. The highest BCUT2D eigenvalue weighted by Crippen LogP contribution is 2.27. The van der Waals surface area contributed by atoms with Crippen LogP contribution in [-0.2, 0) is 6.54 Å². The van der Waals surface area contributed by atoms with Crippen molar-refractivity contribution in [3.8, 4) is 0 Å². The Morgan fingerprint density at radius 1 is 1.10 bits per heavy atom. The van der Waals surface area contributed by atoms with Crippen LogP contribution in [0.3, 0.4) is 0 Å². The van der Waals surface area contributed by atoms with Crippen molar-refractivity contribution in [2.24, 2.45) is 0 Å². The molecule has 0 saturated heterocycles. The van der Waals surface area contributed by atoms with Gasteiger partial charge >= 0.3 is 0 Å². The molecule has 0 spiro atoms. The number of aromatic nitrogens is 2. The average molecular weight is 305 g/mol. The fourth-order valence-electron chi connectivity index (χ4n) is 2.41. The van der Waals surface area contributed by atoms with Crippen LogP contribution in [0.15, 0.2) is 36.5 Å². The van der Waals surface area contributed by atoms with Gasteiger partial charge in [-0.3, -0.25) is 4.98 Å². The van der Waals surface area contributed by atoms with E-state index in [0.29, 0.717) is 11.6 Å². The van der Waals surface area contributed by atoms with E-state index in [1.807, 2.05) is 25.1 Å². The maximum absolute atomic E-state index is 6.25. The van der Waals surface area contributed by atoms with Gasteiger partial charge in [0.1, 0.15) is 0 Å². The zero-order valence-electron chi connectivity index (χ0n) is 11.3. The molecule has 4 heteroatoms. The lowest BCUT2D eigenvalue weighted by atomic mass is 10.2. The van der Waals surface area contributed by atoms with Crippen LogP contribution in [-0.4, -0.2) is 9.55 Å². The number of hydrogen-bond donors (Lipinski definition) is 0. The summed E-state index contributed by atoms with van der Waals surface area (Å²) in [6.45, 7) is 4.83. The third-order valence-corrected chi connectivity index (χ3v) is 4.13. The SMILES string of the molecule is Cc1cc2cc(C)n(Cc3ccc(Cl)cn3)c2cc1Cl. The standard InChI is InChI=1S/C16H14Cl2N2/c1-10-5-12-6-11(2)20(16(12)7-15(10)18)9-14-4-3-13(17)8-19-14/h3-8H,9H2,1-2H3. The lowest BCUT2D eigenvalue weighted by molar-refractivity contribution is 0.780. The van der Waals surface area contributed by atoms with Crippen LogP contribution in [0, 0.1) is 13.8 Å². The molecule has 0 atom stereocenters. The topological polar surface area (TPSA) is 17.8 Å². The molecule has 0 aliphatic carbocycles. The number of hydrogen-bond acceptors (Lipinski definition) is 1. The van der Waals surface area contributed by atoms with Gasteiger partial charge < -0.3 is 4.57 Å². The van der Waals surface area contributed by atoms with E-state index >= 15 is 0 Å². The lowest BCUT2D eigenvalue weighted by Gasteiger charge is -2.09. The van der Waals surface area contributed by atoms with Crippen LogP contribution in [0.25, 0.3) is 10.9 Å². The molecule has 2 nitrogen and oxygen atoms in total. The van der Waals surface area contributed by atoms with Gasteiger partial charge in [-0.05, 0) is 49.7 Å². The molecule has 3 aromatic rings. The normalized spacial score (nSPS) is 11.2. The van der Waals surface area contributed by atoms with Gasteiger partial charge in [-0.1, -0.05) is 23.2 Å². The van der Waals surface area contributed by atoms with Crippen molar-refractivity contribution in [3.05, 3.63) is 63.5 Å². The number of halogens is 2. The number of rotatable bonds is 2. The summed E-state index contributed by atoms with van der Waals surface area (Å²) in [5.41, 5.74) is 4.40. The number of aryl methyl sites for hydroxylation is 2. The highest BCUT2D eigenvalue weighted by molar-refractivity contribution is 6.32. The molecule has 0 aliphatic rings. The van der Waals surface area contributed by atoms with Crippen molar-refractivity contribution in [2.45, 2.75) is 20.4 Å². The quantitative estimate of drug-likeness (QED) is 0.651. The molecule has 0 amide bonds. The number of pyridine rings is 1. The van der Waals surface area contributed by atoms with Gasteiger partial charge in [0.05, 0.1) is 22.8 Å². The monoisotopic (exact) mass is 304 g/mol. The van der Waals surface area contributed by atoms with Crippen molar-refractivity contribution >= 4 is 34.1 Å². The number of nitrogens with zero attached hydrogens (tertiary/aromatic N) is 2. The Bertz CT molecular complexity index is 773. The molecule has 1 aromatic carbocycles. The minimum Gasteiger partial charge on any atom is -0.339 e. The van der Waals surface area contributed by atoms with Crippen molar-refractivity contribution in [1.29, 1.82) is 0 Å². The first-order valence-electron chi connectivity index (χ1n) is 6.41. The third kappa shape index (κ3) is 2.41. The molecule has 3 rings (SSSR count). The zero-order chi connectivity index (χ0) is 14.3. The molecule has 0 saturated carbocycles. The fourth-order valence-corrected chi connectivity index (χ4v) is 2.68. The van der Waals surface area contributed by atoms with Gasteiger partial charge in [-0.2, -0.15) is 0 Å². The van der Waals surface area contributed by atoms with E-state index in [1.165, 1.54) is 11.1 Å². The summed E-state index contributed by atoms with van der Waals surface area (Å²) in [7, 11) is 0. The van der Waals surface area contributed by atoms with Gasteiger partial charge in [-0.25, -0.2) is 0 Å². The summed E-state index contributed by atoms with van der Waals surface area (Å²) in [5, 5.41) is 2.65. The van der Waals surface area contributed by atoms with E-state index in [4.69, 9.17) is 23.2 Å². The Hall–Kier alpha value is -1.51. The van der Waals surface area contributed by atoms with Crippen LogP contribution in [0.2, 0.25) is 10.0 Å². The minimum atomic E-state index is 0.654. The largest absolute Gasteiger partial charge is 0.339 e. The molecule has 2 aromatic heterocycles. The van der Waals surface area contributed by atoms with Crippen molar-refractivity contribution in [1.82, 2.24) is 9.55 Å². The van der Waals surface area contributed by atoms with E-state index in [2.05, 4.69) is 28.6 Å². The molecule has 0 aliphatic heterocycles. The summed E-state index contributed by atoms with van der Waals surface area (Å²) in [4.78, 5) is 4.36. The molecule has 20 heavy (non-hydrogen) atoms. The van der Waals surface area contributed by atoms with Crippen LogP contribution in [0.4, 0.5) is 0 Å². The smallest absolute Gasteiger partial charge is 0.0651 e. The molecular weight excluding hydrogens is 291 g/mol. The Labute approximate surface area is 128 Å². The molecule has 0 bridgehead atoms. The zero-order valence-corrected chi connectivity index (χ0v) is 12.8. The Kier molecular flexibility index (Phi) is 3.45. The lowest BCUT2D eigenvalue weighted by Crippen LogP contribution is -2.03. The molecule has 0 N–H and O–H groups in total. The van der Waals surface area contributed by atoms with E-state index in [1.54, 1.807) is 6.20 Å². The van der Waals surface area contributed by atoms with E-state index in [-0.39, 0.29) is 0 Å². The maximum Gasteiger partial charge on any atom is 0.0651 e. The summed E-state index contributed by atoms with van der Waals surface area (Å²) in [6.07, 6.45) is 1.68. The predicted molar refractivity (Wildman–Crippen MR) is 84.8 cm³/mol. The summed E-state index contributed by atoms with van der Waals surface area (Å²) >= 11 is 12.1. The molecule has 102 valence electrons. The first-order valence-corrected chi connectivity index (χ1v) is 7.16. The minimum absolute atomic E-state index is 0.654. The van der Waals surface area contributed by atoms with Gasteiger partial charge in [0, 0.05) is 22.3 Å². The van der Waals surface area contributed by atoms with Crippen molar-refractivity contribution in [3.63, 3.8) is 0 Å². The number of fused-ring (bicyclic) bond motifs is 1. The third-order valence-electron chi connectivity index (χ3n) is 3.50. The molecule has 2 heterocycles. The second-order valence-corrected chi connectivity index (χ2v) is 5.84. The van der Waals surface area contributed by atoms with Crippen molar-refractivity contribution in [2.75, 3.05) is 0 Å². The molecule has 0 radical (unpaired) electrons. The van der Waals surface area contributed by atoms with Crippen LogP contribution >= 0.6 is 23.2 Å². The fraction of sp³-hybridized carbons (Fsp3) is 0.188. The highest BCUT2D eigenvalue weighted by Gasteiger charge is 2.09. The molecule has 0 fully saturated rings. The van der Waals surface area contributed by atoms with E-state index in [0.717, 1.165) is 21.8 Å². The maximum atomic E-state index is 6.25. The van der Waals surface area contributed by atoms with E-state index in [9.17, 15) is 0 Å². The predicted octanol–water partition coefficient (Wildman–Crippen LogP) is 5.01. The van der Waals surface area contributed by atoms with Gasteiger partial charge in [-0.15, -0.1) is 0 Å². The molecular formula is C16H14Cl2N2. The first kappa shape index (κ1) is 13.5. The average Bonchev–Trinajstić information content (AvgIpc) is 2.69. The highest BCUT2D eigenvalue weighted by atomic mass is 35.5. The van der Waals surface area contributed by atoms with Gasteiger partial charge in [0.15, 0.2) is 0 Å². The van der Waals surface area contributed by atoms with Crippen LogP contribution < -0.4 is 0 Å².